The van der Waals surface area contributed by atoms with E-state index in [1.54, 1.807) is 26.8 Å². The first-order valence-electron chi connectivity index (χ1n) is 11.9. The molecule has 0 unspecified atom stereocenters. The Kier molecular flexibility index (Phi) is 27.3. The molecule has 1 aliphatic heterocycles. The Balaban J connectivity index is -0.000000238. The van der Waals surface area contributed by atoms with Crippen LogP contribution in [0.1, 0.15) is 73.9 Å². The van der Waals surface area contributed by atoms with Crippen LogP contribution in [0, 0.1) is 43.4 Å². The van der Waals surface area contributed by atoms with Crippen LogP contribution in [0.3, 0.4) is 0 Å². The maximum Gasteiger partial charge on any atom is 0.408 e. The zero-order valence-electron chi connectivity index (χ0n) is 23.8. The Morgan fingerprint density at radius 3 is 2.05 bits per heavy atom. The summed E-state index contributed by atoms with van der Waals surface area (Å²) in [4.78, 5) is 48.5. The van der Waals surface area contributed by atoms with Crippen LogP contribution in [0.4, 0.5) is 4.79 Å². The number of ether oxygens (including phenoxy) is 1. The quantitative estimate of drug-likeness (QED) is 0.262. The van der Waals surface area contributed by atoms with E-state index in [4.69, 9.17) is 4.74 Å². The van der Waals surface area contributed by atoms with Gasteiger partial charge >= 0.3 is 6.09 Å². The summed E-state index contributed by atoms with van der Waals surface area (Å²) >= 11 is 3.16. The summed E-state index contributed by atoms with van der Waals surface area (Å²) in [5.41, 5.74) is 0.292. The molecule has 0 saturated carbocycles. The molecule has 2 N–H and O–H groups in total. The van der Waals surface area contributed by atoms with Gasteiger partial charge in [-0.15, -0.1) is 30.6 Å². The predicted octanol–water partition coefficient (Wildman–Crippen LogP) is 5.86. The van der Waals surface area contributed by atoms with Crippen molar-refractivity contribution in [2.45, 2.75) is 86.9 Å². The Morgan fingerprint density at radius 1 is 1.19 bits per heavy atom. The van der Waals surface area contributed by atoms with Gasteiger partial charge in [0.2, 0.25) is 5.91 Å². The molecule has 210 valence electrons. The fourth-order valence-corrected chi connectivity index (χ4v) is 2.89. The molecule has 1 atom stereocenters. The number of nitroso groups, excluding NO2 is 1. The summed E-state index contributed by atoms with van der Waals surface area (Å²) in [6, 6.07) is 3.04. The van der Waals surface area contributed by atoms with Gasteiger partial charge in [-0.3, -0.25) is 9.59 Å². The average molecular weight is 586 g/mol. The Labute approximate surface area is 231 Å². The molecule has 10 heteroatoms. The van der Waals surface area contributed by atoms with E-state index >= 15 is 0 Å². The number of carbonyl (C=O) groups is 2. The van der Waals surface area contributed by atoms with Gasteiger partial charge in [-0.25, -0.2) is 4.79 Å². The van der Waals surface area contributed by atoms with Crippen molar-refractivity contribution in [1.82, 2.24) is 15.2 Å². The lowest BCUT2D eigenvalue weighted by molar-refractivity contribution is -0.130. The zero-order valence-corrected chi connectivity index (χ0v) is 25.3. The van der Waals surface area contributed by atoms with E-state index in [1.165, 1.54) is 11.0 Å². The molecule has 0 aromatic carbocycles. The summed E-state index contributed by atoms with van der Waals surface area (Å²) in [6.07, 6.45) is 16.1. The number of alkyl carbamates (subject to hydrolysis) is 1. The number of H-pyrrole nitrogens is 1. The number of carbonyl (C=O) groups excluding carboxylic acids is 2. The standard InChI is InChI=1S/C11H19N3O4.C6H6BrNO.C4H10.C2H6.2C2H2/c1-11(2,3)18-10(16)12-7-9(15)14-6-4-5-8(14)13-17;1-4-2-5(9)3-6(7)8-4;1-4(2)3;3*1-2/h8H,4-7H2,1-3H3,(H,12,16);2-3H,1H3,(H,8,9);4H,1-3H3;1-2H3;2*1-2H/t8-;;;;;/m0...../s1. The van der Waals surface area contributed by atoms with Gasteiger partial charge in [0.05, 0.1) is 4.60 Å². The minimum Gasteiger partial charge on any atom is -0.444 e. The smallest absolute Gasteiger partial charge is 0.408 e. The first kappa shape index (κ1) is 41.0. The summed E-state index contributed by atoms with van der Waals surface area (Å²) in [5, 5.41) is 5.25. The topological polar surface area (TPSA) is 121 Å². The number of terminal acetylenes is 2. The number of likely N-dealkylation sites (tertiary alicyclic amines) is 1. The van der Waals surface area contributed by atoms with Crippen molar-refractivity contribution in [3.05, 3.63) is 37.6 Å². The zero-order chi connectivity index (χ0) is 30.2. The summed E-state index contributed by atoms with van der Waals surface area (Å²) < 4.78 is 5.73. The Morgan fingerprint density at radius 2 is 1.68 bits per heavy atom. The highest BCUT2D eigenvalue weighted by molar-refractivity contribution is 9.10. The molecule has 37 heavy (non-hydrogen) atoms. The second-order valence-electron chi connectivity index (χ2n) is 8.75. The van der Waals surface area contributed by atoms with Gasteiger partial charge in [-0.1, -0.05) is 34.6 Å². The molecule has 1 saturated heterocycles. The molecule has 0 radical (unpaired) electrons. The number of pyridine rings is 1. The first-order valence-corrected chi connectivity index (χ1v) is 12.7. The number of nitrogens with zero attached hydrogens (tertiary/aromatic N) is 2. The predicted molar refractivity (Wildman–Crippen MR) is 156 cm³/mol. The van der Waals surface area contributed by atoms with E-state index in [2.05, 4.69) is 77.9 Å². The SMILES string of the molecule is C#C.C#C.CC.CC(C)(C)OC(=O)NCC(=O)N1CCC[C@H]1N=O.CC(C)C.Cc1cc(=O)cc(Br)[nH]1. The van der Waals surface area contributed by atoms with Gasteiger partial charge < -0.3 is 19.9 Å². The second-order valence-corrected chi connectivity index (χ2v) is 9.60. The van der Waals surface area contributed by atoms with Crippen LogP contribution in [-0.2, 0) is 9.53 Å². The number of nitrogens with one attached hydrogen (secondary N) is 2. The molecule has 1 aromatic rings. The summed E-state index contributed by atoms with van der Waals surface area (Å²) in [7, 11) is 0. The van der Waals surface area contributed by atoms with E-state index in [9.17, 15) is 19.3 Å². The molecule has 0 spiro atoms. The van der Waals surface area contributed by atoms with Crippen LogP contribution < -0.4 is 10.7 Å². The molecule has 1 fully saturated rings. The lowest BCUT2D eigenvalue weighted by atomic mass is 10.2. The highest BCUT2D eigenvalue weighted by Gasteiger charge is 2.29. The third-order valence-electron chi connectivity index (χ3n) is 3.39. The third kappa shape index (κ3) is 25.8. The molecule has 0 bridgehead atoms. The Bertz CT molecular complexity index is 826. The molecule has 0 aliphatic carbocycles. The van der Waals surface area contributed by atoms with Gasteiger partial charge in [-0.2, -0.15) is 0 Å². The van der Waals surface area contributed by atoms with Crippen molar-refractivity contribution in [2.24, 2.45) is 11.1 Å². The van der Waals surface area contributed by atoms with Crippen molar-refractivity contribution in [3.8, 4) is 25.7 Å². The largest absolute Gasteiger partial charge is 0.444 e. The molecular weight excluding hydrogens is 540 g/mol. The van der Waals surface area contributed by atoms with E-state index in [1.807, 2.05) is 20.8 Å². The minimum atomic E-state index is -0.648. The van der Waals surface area contributed by atoms with Crippen LogP contribution in [0.5, 0.6) is 0 Å². The molecule has 1 aliphatic rings. The fourth-order valence-electron chi connectivity index (χ4n) is 2.35. The number of hydrogen-bond acceptors (Lipinski definition) is 6. The number of aromatic amines is 1. The Hall–Kier alpha value is -3.11. The highest BCUT2D eigenvalue weighted by Crippen LogP contribution is 2.17. The first-order chi connectivity index (χ1) is 17.2. The number of aromatic nitrogens is 1. The van der Waals surface area contributed by atoms with Gasteiger partial charge in [0, 0.05) is 24.4 Å². The molecule has 1 aromatic heterocycles. The number of aryl methyl sites for hydroxylation is 1. The van der Waals surface area contributed by atoms with Gasteiger partial charge in [-0.05, 0) is 67.6 Å². The number of amides is 2. The van der Waals surface area contributed by atoms with E-state index in [0.717, 1.165) is 22.6 Å². The van der Waals surface area contributed by atoms with Crippen LogP contribution in [0.15, 0.2) is 26.7 Å². The van der Waals surface area contributed by atoms with Gasteiger partial charge in [0.15, 0.2) is 11.6 Å². The normalized spacial score (nSPS) is 13.1. The van der Waals surface area contributed by atoms with Gasteiger partial charge in [0.25, 0.3) is 0 Å². The molecule has 2 amide bonds. The van der Waals surface area contributed by atoms with Gasteiger partial charge in [0.1, 0.15) is 12.1 Å². The van der Waals surface area contributed by atoms with Crippen molar-refractivity contribution >= 4 is 27.9 Å². The van der Waals surface area contributed by atoms with Crippen LogP contribution in [0.2, 0.25) is 0 Å². The van der Waals surface area contributed by atoms with E-state index in [-0.39, 0.29) is 17.9 Å². The van der Waals surface area contributed by atoms with Crippen molar-refractivity contribution in [2.75, 3.05) is 13.1 Å². The average Bonchev–Trinajstić information content (AvgIpc) is 3.29. The van der Waals surface area contributed by atoms with Crippen molar-refractivity contribution < 1.29 is 14.3 Å². The minimum absolute atomic E-state index is 0.0260. The monoisotopic (exact) mass is 584 g/mol. The number of halogens is 1. The van der Waals surface area contributed by atoms with Crippen LogP contribution in [0.25, 0.3) is 0 Å². The molecule has 2 heterocycles. The molecular formula is C27H45BrN4O5. The third-order valence-corrected chi connectivity index (χ3v) is 3.82. The van der Waals surface area contributed by atoms with Crippen LogP contribution >= 0.6 is 15.9 Å². The van der Waals surface area contributed by atoms with Crippen molar-refractivity contribution in [1.29, 1.82) is 0 Å². The van der Waals surface area contributed by atoms with Crippen LogP contribution in [-0.4, -0.2) is 46.7 Å². The summed E-state index contributed by atoms with van der Waals surface area (Å²) in [6.45, 7) is 17.9. The maximum absolute atomic E-state index is 11.7. The molecule has 9 nitrogen and oxygen atoms in total. The van der Waals surface area contributed by atoms with E-state index in [0.29, 0.717) is 13.0 Å². The fraction of sp³-hybridized carbons (Fsp3) is 0.593. The maximum atomic E-state index is 11.7. The van der Waals surface area contributed by atoms with Crippen molar-refractivity contribution in [3.63, 3.8) is 0 Å². The van der Waals surface area contributed by atoms with E-state index < -0.39 is 17.9 Å². The number of rotatable bonds is 3. The highest BCUT2D eigenvalue weighted by atomic mass is 79.9. The summed E-state index contributed by atoms with van der Waals surface area (Å²) in [5.74, 6) is 0.517. The number of hydrogen-bond donors (Lipinski definition) is 2. The second kappa shape index (κ2) is 24.6. The molecule has 2 rings (SSSR count). The lowest BCUT2D eigenvalue weighted by Gasteiger charge is -2.21. The lowest BCUT2D eigenvalue weighted by Crippen LogP contribution is -2.43.